The van der Waals surface area contributed by atoms with Crippen LogP contribution in [0.2, 0.25) is 0 Å². The van der Waals surface area contributed by atoms with Crippen molar-refractivity contribution in [3.8, 4) is 0 Å². The number of likely N-dealkylation sites (N-methyl/N-ethyl adjacent to an activating group) is 1. The van der Waals surface area contributed by atoms with Gasteiger partial charge in [-0.15, -0.1) is 0 Å². The minimum absolute atomic E-state index is 0.219. The summed E-state index contributed by atoms with van der Waals surface area (Å²) in [6.45, 7) is 7.58. The fraction of sp³-hybridized carbons (Fsp3) is 0.520. The van der Waals surface area contributed by atoms with E-state index in [9.17, 15) is 4.79 Å². The first kappa shape index (κ1) is 22.4. The van der Waals surface area contributed by atoms with Crippen molar-refractivity contribution in [3.05, 3.63) is 54.0 Å². The number of nitrogens with one attached hydrogen (secondary N) is 2. The minimum Gasteiger partial charge on any atom is -0.469 e. The van der Waals surface area contributed by atoms with Gasteiger partial charge in [-0.2, -0.15) is 0 Å². The van der Waals surface area contributed by atoms with Crippen LogP contribution in [0.25, 0.3) is 0 Å². The van der Waals surface area contributed by atoms with Crippen LogP contribution in [0.3, 0.4) is 0 Å². The summed E-state index contributed by atoms with van der Waals surface area (Å²) in [7, 11) is 0. The van der Waals surface area contributed by atoms with Crippen LogP contribution >= 0.6 is 0 Å². The number of hydrogen-bond donors (Lipinski definition) is 2. The van der Waals surface area contributed by atoms with E-state index < -0.39 is 0 Å². The normalized spacial score (nSPS) is 19.7. The Balaban J connectivity index is 1.35. The van der Waals surface area contributed by atoms with Gasteiger partial charge in [-0.25, -0.2) is 4.99 Å². The van der Waals surface area contributed by atoms with Gasteiger partial charge in [0.05, 0.1) is 12.8 Å². The molecule has 0 spiro atoms. The molecule has 2 aromatic rings. The Hall–Kier alpha value is -2.80. The topological polar surface area (TPSA) is 73.1 Å². The molecule has 0 bridgehead atoms. The number of carbonyl (C=O) groups excluding carboxylic acids is 1. The maximum absolute atomic E-state index is 12.0. The molecule has 2 saturated heterocycles. The van der Waals surface area contributed by atoms with E-state index in [1.54, 1.807) is 6.26 Å². The zero-order valence-electron chi connectivity index (χ0n) is 19.1. The molecule has 32 heavy (non-hydrogen) atoms. The van der Waals surface area contributed by atoms with Gasteiger partial charge in [-0.3, -0.25) is 9.69 Å². The number of hydrogen-bond acceptors (Lipinski definition) is 4. The summed E-state index contributed by atoms with van der Waals surface area (Å²) in [5, 5.41) is 7.01. The summed E-state index contributed by atoms with van der Waals surface area (Å²) in [5.41, 5.74) is 2.11. The molecule has 1 unspecified atom stereocenters. The molecule has 2 aliphatic heterocycles. The number of amides is 1. The van der Waals surface area contributed by atoms with Crippen LogP contribution in [0, 0.1) is 0 Å². The van der Waals surface area contributed by atoms with Crippen LogP contribution < -0.4 is 15.5 Å². The van der Waals surface area contributed by atoms with Crippen molar-refractivity contribution in [1.82, 2.24) is 15.5 Å². The lowest BCUT2D eigenvalue weighted by molar-refractivity contribution is -0.117. The molecule has 4 rings (SSSR count). The number of benzene rings is 1. The van der Waals surface area contributed by atoms with Crippen molar-refractivity contribution in [2.24, 2.45) is 4.99 Å². The molecule has 0 saturated carbocycles. The highest BCUT2D eigenvalue weighted by molar-refractivity contribution is 5.95. The van der Waals surface area contributed by atoms with Crippen molar-refractivity contribution in [2.45, 2.75) is 51.6 Å². The molecule has 3 heterocycles. The molecule has 1 amide bonds. The number of carbonyl (C=O) groups is 1. The van der Waals surface area contributed by atoms with Gasteiger partial charge < -0.3 is 20.0 Å². The molecular weight excluding hydrogens is 402 g/mol. The summed E-state index contributed by atoms with van der Waals surface area (Å²) in [6.07, 6.45) is 6.63. The average Bonchev–Trinajstić information content (AvgIpc) is 3.58. The Labute approximate surface area is 190 Å². The first-order valence-electron chi connectivity index (χ1n) is 11.9. The Kier molecular flexibility index (Phi) is 7.82. The molecule has 2 aliphatic rings. The fourth-order valence-electron chi connectivity index (χ4n) is 4.56. The molecule has 2 N–H and O–H groups in total. The van der Waals surface area contributed by atoms with E-state index in [0.717, 1.165) is 62.0 Å². The number of guanidine groups is 1. The maximum Gasteiger partial charge on any atom is 0.227 e. The van der Waals surface area contributed by atoms with Crippen LogP contribution in [-0.4, -0.2) is 55.5 Å². The zero-order chi connectivity index (χ0) is 22.2. The SMILES string of the molecule is CCN1CCCC1CNC(=NCc1ccc(N2CCCC2=O)cc1)NCCc1ccco1. The van der Waals surface area contributed by atoms with Crippen LogP contribution in [0.5, 0.6) is 0 Å². The Bertz CT molecular complexity index is 878. The molecule has 1 atom stereocenters. The second-order valence-electron chi connectivity index (χ2n) is 8.54. The summed E-state index contributed by atoms with van der Waals surface area (Å²) < 4.78 is 5.44. The van der Waals surface area contributed by atoms with Crippen molar-refractivity contribution in [2.75, 3.05) is 37.6 Å². The van der Waals surface area contributed by atoms with Crippen molar-refractivity contribution < 1.29 is 9.21 Å². The lowest BCUT2D eigenvalue weighted by Crippen LogP contribution is -2.45. The number of furan rings is 1. The van der Waals surface area contributed by atoms with Crippen LogP contribution in [0.1, 0.15) is 43.9 Å². The molecule has 1 aromatic carbocycles. The molecule has 2 fully saturated rings. The molecular formula is C25H35N5O2. The Morgan fingerprint density at radius 2 is 2.03 bits per heavy atom. The van der Waals surface area contributed by atoms with Gasteiger partial charge in [0.2, 0.25) is 5.91 Å². The minimum atomic E-state index is 0.219. The van der Waals surface area contributed by atoms with Crippen molar-refractivity contribution in [1.29, 1.82) is 0 Å². The summed E-state index contributed by atoms with van der Waals surface area (Å²) >= 11 is 0. The van der Waals surface area contributed by atoms with Crippen LogP contribution in [0.4, 0.5) is 5.69 Å². The van der Waals surface area contributed by atoms with Gasteiger partial charge in [-0.1, -0.05) is 19.1 Å². The van der Waals surface area contributed by atoms with E-state index in [1.807, 2.05) is 29.2 Å². The standard InChI is InChI=1S/C25H35N5O2/c1-2-29-15-3-6-22(29)19-28-25(26-14-13-23-7-5-17-32-23)27-18-20-9-11-21(12-10-20)30-16-4-8-24(30)31/h5,7,9-12,17,22H,2-4,6,8,13-16,18-19H2,1H3,(H2,26,27,28). The maximum atomic E-state index is 12.0. The number of aliphatic imine (C=N–C) groups is 1. The summed E-state index contributed by atoms with van der Waals surface area (Å²) in [5.74, 6) is 2.02. The Morgan fingerprint density at radius 3 is 2.75 bits per heavy atom. The second-order valence-corrected chi connectivity index (χ2v) is 8.54. The van der Waals surface area contributed by atoms with Gasteiger partial charge in [0.15, 0.2) is 5.96 Å². The third-order valence-corrected chi connectivity index (χ3v) is 6.40. The van der Waals surface area contributed by atoms with Gasteiger partial charge >= 0.3 is 0 Å². The molecule has 0 aliphatic carbocycles. The van der Waals surface area contributed by atoms with E-state index in [1.165, 1.54) is 19.4 Å². The number of nitrogens with zero attached hydrogens (tertiary/aromatic N) is 3. The Morgan fingerprint density at radius 1 is 1.16 bits per heavy atom. The van der Waals surface area contributed by atoms with E-state index in [0.29, 0.717) is 19.0 Å². The smallest absolute Gasteiger partial charge is 0.227 e. The monoisotopic (exact) mass is 437 g/mol. The predicted octanol–water partition coefficient (Wildman–Crippen LogP) is 3.17. The van der Waals surface area contributed by atoms with Gasteiger partial charge in [0.1, 0.15) is 5.76 Å². The van der Waals surface area contributed by atoms with Crippen molar-refractivity contribution in [3.63, 3.8) is 0 Å². The molecule has 0 radical (unpaired) electrons. The molecule has 7 nitrogen and oxygen atoms in total. The molecule has 172 valence electrons. The van der Waals surface area contributed by atoms with Crippen LogP contribution in [0.15, 0.2) is 52.1 Å². The number of rotatable bonds is 9. The van der Waals surface area contributed by atoms with Gasteiger partial charge in [0, 0.05) is 44.2 Å². The van der Waals surface area contributed by atoms with E-state index >= 15 is 0 Å². The zero-order valence-corrected chi connectivity index (χ0v) is 19.1. The van der Waals surface area contributed by atoms with E-state index in [2.05, 4.69) is 34.6 Å². The fourth-order valence-corrected chi connectivity index (χ4v) is 4.56. The van der Waals surface area contributed by atoms with Crippen molar-refractivity contribution >= 4 is 17.6 Å². The lowest BCUT2D eigenvalue weighted by Gasteiger charge is -2.24. The molecule has 7 heteroatoms. The summed E-state index contributed by atoms with van der Waals surface area (Å²) in [4.78, 5) is 21.2. The van der Waals surface area contributed by atoms with E-state index in [4.69, 9.17) is 9.41 Å². The number of anilines is 1. The first-order valence-corrected chi connectivity index (χ1v) is 11.9. The average molecular weight is 438 g/mol. The highest BCUT2D eigenvalue weighted by atomic mass is 16.3. The molecule has 1 aromatic heterocycles. The lowest BCUT2D eigenvalue weighted by atomic mass is 10.2. The second kappa shape index (κ2) is 11.2. The van der Waals surface area contributed by atoms with E-state index in [-0.39, 0.29) is 5.91 Å². The quantitative estimate of drug-likeness (QED) is 0.466. The first-order chi connectivity index (χ1) is 15.7. The largest absolute Gasteiger partial charge is 0.469 e. The van der Waals surface area contributed by atoms with Gasteiger partial charge in [0.25, 0.3) is 0 Å². The number of likely N-dealkylation sites (tertiary alicyclic amines) is 1. The highest BCUT2D eigenvalue weighted by Gasteiger charge is 2.23. The van der Waals surface area contributed by atoms with Crippen LogP contribution in [-0.2, 0) is 17.8 Å². The highest BCUT2D eigenvalue weighted by Crippen LogP contribution is 2.21. The predicted molar refractivity (Wildman–Crippen MR) is 128 cm³/mol. The third kappa shape index (κ3) is 5.91. The van der Waals surface area contributed by atoms with Gasteiger partial charge in [-0.05, 0) is 62.2 Å². The summed E-state index contributed by atoms with van der Waals surface area (Å²) in [6, 6.07) is 12.7. The third-order valence-electron chi connectivity index (χ3n) is 6.40.